The van der Waals surface area contributed by atoms with Crippen LogP contribution in [0.5, 0.6) is 5.75 Å². The second-order valence-electron chi connectivity index (χ2n) is 3.29. The minimum atomic E-state index is 0.309. The molecule has 1 aliphatic rings. The average molecular weight is 191 g/mol. The lowest BCUT2D eigenvalue weighted by Crippen LogP contribution is -2.00. The van der Waals surface area contributed by atoms with Crippen molar-refractivity contribution in [1.29, 1.82) is 0 Å². The van der Waals surface area contributed by atoms with Crippen molar-refractivity contribution in [3.8, 4) is 5.75 Å². The molecule has 0 unspecified atom stereocenters. The lowest BCUT2D eigenvalue weighted by molar-refractivity contribution is 0.338. The predicted molar refractivity (Wildman–Crippen MR) is 54.7 cm³/mol. The number of benzene rings is 1. The molecule has 1 aromatic rings. The molecule has 14 heavy (non-hydrogen) atoms. The minimum absolute atomic E-state index is 0.309. The molecule has 0 radical (unpaired) electrons. The molecule has 0 aliphatic carbocycles. The van der Waals surface area contributed by atoms with E-state index in [2.05, 4.69) is 4.99 Å². The van der Waals surface area contributed by atoms with Crippen LogP contribution in [0.15, 0.2) is 29.3 Å². The van der Waals surface area contributed by atoms with E-state index in [0.717, 1.165) is 31.9 Å². The molecule has 1 heterocycles. The van der Waals surface area contributed by atoms with Crippen LogP contribution in [0, 0.1) is 0 Å². The summed E-state index contributed by atoms with van der Waals surface area (Å²) in [6, 6.07) is 7.25. The zero-order valence-electron chi connectivity index (χ0n) is 7.94. The number of aromatic hydroxyl groups is 1. The molecule has 0 saturated carbocycles. The fourth-order valence-electron chi connectivity index (χ4n) is 1.44. The van der Waals surface area contributed by atoms with Crippen LogP contribution in [-0.2, 0) is 11.2 Å². The van der Waals surface area contributed by atoms with E-state index < -0.39 is 0 Å². The SMILES string of the molecule is Oc1ccc(CCC2=NCCO2)cc1. The number of hydrogen-bond donors (Lipinski definition) is 1. The van der Waals surface area contributed by atoms with Crippen molar-refractivity contribution in [3.05, 3.63) is 29.8 Å². The van der Waals surface area contributed by atoms with Gasteiger partial charge in [-0.25, -0.2) is 0 Å². The van der Waals surface area contributed by atoms with Crippen molar-refractivity contribution >= 4 is 5.90 Å². The van der Waals surface area contributed by atoms with E-state index in [0.29, 0.717) is 5.75 Å². The van der Waals surface area contributed by atoms with Crippen LogP contribution >= 0.6 is 0 Å². The Morgan fingerprint density at radius 1 is 1.21 bits per heavy atom. The van der Waals surface area contributed by atoms with Gasteiger partial charge >= 0.3 is 0 Å². The number of phenolic OH excluding ortho intramolecular Hbond substituents is 1. The summed E-state index contributed by atoms with van der Waals surface area (Å²) in [6.07, 6.45) is 1.77. The van der Waals surface area contributed by atoms with E-state index in [4.69, 9.17) is 9.84 Å². The maximum Gasteiger partial charge on any atom is 0.183 e. The second-order valence-corrected chi connectivity index (χ2v) is 3.29. The van der Waals surface area contributed by atoms with E-state index in [9.17, 15) is 0 Å². The molecule has 1 aromatic carbocycles. The van der Waals surface area contributed by atoms with E-state index in [1.165, 1.54) is 5.56 Å². The Bertz CT molecular complexity index is 330. The molecule has 3 heteroatoms. The number of nitrogens with zero attached hydrogens (tertiary/aromatic N) is 1. The fraction of sp³-hybridized carbons (Fsp3) is 0.364. The summed E-state index contributed by atoms with van der Waals surface area (Å²) in [6.45, 7) is 1.52. The molecule has 0 atom stereocenters. The normalized spacial score (nSPS) is 15.0. The largest absolute Gasteiger partial charge is 0.508 e. The molecule has 0 amide bonds. The third kappa shape index (κ3) is 2.25. The van der Waals surface area contributed by atoms with E-state index in [-0.39, 0.29) is 0 Å². The van der Waals surface area contributed by atoms with E-state index >= 15 is 0 Å². The van der Waals surface area contributed by atoms with Crippen LogP contribution < -0.4 is 0 Å². The molecule has 0 fully saturated rings. The van der Waals surface area contributed by atoms with Gasteiger partial charge in [0.1, 0.15) is 12.4 Å². The number of rotatable bonds is 3. The summed E-state index contributed by atoms with van der Waals surface area (Å²) in [5, 5.41) is 9.09. The Morgan fingerprint density at radius 2 is 2.00 bits per heavy atom. The summed E-state index contributed by atoms with van der Waals surface area (Å²) >= 11 is 0. The van der Waals surface area contributed by atoms with Gasteiger partial charge in [-0.1, -0.05) is 12.1 Å². The van der Waals surface area contributed by atoms with Gasteiger partial charge in [-0.15, -0.1) is 0 Å². The summed E-state index contributed by atoms with van der Waals surface area (Å²) in [4.78, 5) is 4.21. The van der Waals surface area contributed by atoms with Crippen LogP contribution in [0.3, 0.4) is 0 Å². The zero-order valence-corrected chi connectivity index (χ0v) is 7.94. The van der Waals surface area contributed by atoms with Gasteiger partial charge in [0.15, 0.2) is 5.90 Å². The van der Waals surface area contributed by atoms with Crippen molar-refractivity contribution in [2.45, 2.75) is 12.8 Å². The van der Waals surface area contributed by atoms with Gasteiger partial charge in [0, 0.05) is 6.42 Å². The maximum absolute atomic E-state index is 9.09. The van der Waals surface area contributed by atoms with Crippen molar-refractivity contribution in [1.82, 2.24) is 0 Å². The molecule has 1 aliphatic heterocycles. The zero-order chi connectivity index (χ0) is 9.80. The van der Waals surface area contributed by atoms with Crippen LogP contribution in [0.2, 0.25) is 0 Å². The third-order valence-corrected chi connectivity index (χ3v) is 2.21. The molecule has 3 nitrogen and oxygen atoms in total. The minimum Gasteiger partial charge on any atom is -0.508 e. The van der Waals surface area contributed by atoms with Crippen molar-refractivity contribution in [2.24, 2.45) is 4.99 Å². The van der Waals surface area contributed by atoms with Crippen LogP contribution in [-0.4, -0.2) is 24.2 Å². The molecule has 0 aromatic heterocycles. The number of aliphatic imine (C=N–C) groups is 1. The first-order valence-corrected chi connectivity index (χ1v) is 4.78. The third-order valence-electron chi connectivity index (χ3n) is 2.21. The monoisotopic (exact) mass is 191 g/mol. The molecule has 0 bridgehead atoms. The van der Waals surface area contributed by atoms with Gasteiger partial charge < -0.3 is 9.84 Å². The van der Waals surface area contributed by atoms with Gasteiger partial charge in [0.05, 0.1) is 6.54 Å². The Morgan fingerprint density at radius 3 is 2.64 bits per heavy atom. The average Bonchev–Trinajstić information content (AvgIpc) is 2.70. The first-order valence-electron chi connectivity index (χ1n) is 4.78. The van der Waals surface area contributed by atoms with Gasteiger partial charge in [0.2, 0.25) is 0 Å². The first-order chi connectivity index (χ1) is 6.84. The van der Waals surface area contributed by atoms with Crippen molar-refractivity contribution in [3.63, 3.8) is 0 Å². The topological polar surface area (TPSA) is 41.8 Å². The Balaban J connectivity index is 1.88. The second kappa shape index (κ2) is 4.13. The first kappa shape index (κ1) is 9.06. The molecule has 0 spiro atoms. The van der Waals surface area contributed by atoms with Crippen molar-refractivity contribution in [2.75, 3.05) is 13.2 Å². The molecule has 0 saturated heterocycles. The van der Waals surface area contributed by atoms with Crippen LogP contribution in [0.1, 0.15) is 12.0 Å². The van der Waals surface area contributed by atoms with E-state index in [1.807, 2.05) is 12.1 Å². The summed E-state index contributed by atoms with van der Waals surface area (Å²) in [5.74, 6) is 1.17. The Hall–Kier alpha value is -1.51. The fourth-order valence-corrected chi connectivity index (χ4v) is 1.44. The smallest absolute Gasteiger partial charge is 0.183 e. The summed E-state index contributed by atoms with van der Waals surface area (Å²) in [7, 11) is 0. The highest BCUT2D eigenvalue weighted by atomic mass is 16.5. The van der Waals surface area contributed by atoms with Gasteiger partial charge in [-0.2, -0.15) is 0 Å². The highest BCUT2D eigenvalue weighted by Gasteiger charge is 2.06. The number of aryl methyl sites for hydroxylation is 1. The standard InChI is InChI=1S/C11H13NO2/c13-10-4-1-9(2-5-10)3-6-11-12-7-8-14-11/h1-2,4-5,13H,3,6-8H2. The molecular formula is C11H13NO2. The maximum atomic E-state index is 9.09. The number of phenols is 1. The van der Waals surface area contributed by atoms with Crippen molar-refractivity contribution < 1.29 is 9.84 Å². The molecular weight excluding hydrogens is 178 g/mol. The van der Waals surface area contributed by atoms with E-state index in [1.54, 1.807) is 12.1 Å². The quantitative estimate of drug-likeness (QED) is 0.790. The molecule has 2 rings (SSSR count). The number of hydrogen-bond acceptors (Lipinski definition) is 3. The highest BCUT2D eigenvalue weighted by molar-refractivity contribution is 5.77. The van der Waals surface area contributed by atoms with Crippen LogP contribution in [0.25, 0.3) is 0 Å². The summed E-state index contributed by atoms with van der Waals surface area (Å²) in [5.41, 5.74) is 1.20. The van der Waals surface area contributed by atoms with Crippen LogP contribution in [0.4, 0.5) is 0 Å². The van der Waals surface area contributed by atoms with Gasteiger partial charge in [-0.3, -0.25) is 4.99 Å². The lowest BCUT2D eigenvalue weighted by Gasteiger charge is -2.02. The Labute approximate surface area is 83.1 Å². The highest BCUT2D eigenvalue weighted by Crippen LogP contribution is 2.12. The molecule has 74 valence electrons. The van der Waals surface area contributed by atoms with Gasteiger partial charge in [0.25, 0.3) is 0 Å². The predicted octanol–water partition coefficient (Wildman–Crippen LogP) is 1.75. The number of ether oxygens (including phenoxy) is 1. The molecule has 1 N–H and O–H groups in total. The summed E-state index contributed by atoms with van der Waals surface area (Å²) < 4.78 is 5.30. The lowest BCUT2D eigenvalue weighted by atomic mass is 10.1. The Kier molecular flexibility index (Phi) is 2.68. The van der Waals surface area contributed by atoms with Gasteiger partial charge in [-0.05, 0) is 24.1 Å².